The Balaban J connectivity index is 2.09. The van der Waals surface area contributed by atoms with Crippen molar-refractivity contribution in [3.05, 3.63) is 24.0 Å². The van der Waals surface area contributed by atoms with E-state index in [0.717, 1.165) is 12.1 Å². The predicted octanol–water partition coefficient (Wildman–Crippen LogP) is 2.58. The van der Waals surface area contributed by atoms with Gasteiger partial charge in [0.05, 0.1) is 0 Å². The van der Waals surface area contributed by atoms with Crippen LogP contribution in [0.2, 0.25) is 0 Å². The summed E-state index contributed by atoms with van der Waals surface area (Å²) in [6, 6.07) is 3.76. The minimum Gasteiger partial charge on any atom is -0.380 e. The highest BCUT2D eigenvalue weighted by Crippen LogP contribution is 2.37. The van der Waals surface area contributed by atoms with E-state index in [1.165, 1.54) is 19.3 Å². The molecule has 2 rings (SSSR count). The molecule has 1 aliphatic rings. The smallest absolute Gasteiger partial charge is 0.269 e. The summed E-state index contributed by atoms with van der Waals surface area (Å²) in [6.45, 7) is 4.73. The standard InChI is InChI=1S/C14H21N3O/c1-3-14(7-5-8-14)17-11-6-9-16-12(10-11)13(18)15-4-2/h6,9-10H,3-5,7-8H2,1-2H3,(H,15,18)(H,16,17). The van der Waals surface area contributed by atoms with Crippen molar-refractivity contribution in [1.29, 1.82) is 0 Å². The lowest BCUT2D eigenvalue weighted by molar-refractivity contribution is 0.0951. The van der Waals surface area contributed by atoms with Crippen LogP contribution >= 0.6 is 0 Å². The fraction of sp³-hybridized carbons (Fsp3) is 0.571. The van der Waals surface area contributed by atoms with Crippen molar-refractivity contribution >= 4 is 11.6 Å². The number of carbonyl (C=O) groups excluding carboxylic acids is 1. The SMILES string of the molecule is CCNC(=O)c1cc(NC2(CC)CCC2)ccn1. The lowest BCUT2D eigenvalue weighted by Gasteiger charge is -2.43. The van der Waals surface area contributed by atoms with Gasteiger partial charge in [-0.15, -0.1) is 0 Å². The zero-order valence-corrected chi connectivity index (χ0v) is 11.1. The Morgan fingerprint density at radius 3 is 2.78 bits per heavy atom. The molecule has 1 heterocycles. The van der Waals surface area contributed by atoms with Crippen LogP contribution in [0.3, 0.4) is 0 Å². The molecule has 0 radical (unpaired) electrons. The third kappa shape index (κ3) is 2.63. The largest absolute Gasteiger partial charge is 0.380 e. The van der Waals surface area contributed by atoms with Crippen molar-refractivity contribution in [3.63, 3.8) is 0 Å². The van der Waals surface area contributed by atoms with Gasteiger partial charge in [0, 0.05) is 24.0 Å². The Bertz CT molecular complexity index is 421. The van der Waals surface area contributed by atoms with Gasteiger partial charge in [-0.1, -0.05) is 6.92 Å². The molecule has 1 aliphatic carbocycles. The number of pyridine rings is 1. The molecule has 0 atom stereocenters. The monoisotopic (exact) mass is 247 g/mol. The molecular formula is C14H21N3O. The van der Waals surface area contributed by atoms with E-state index in [2.05, 4.69) is 22.5 Å². The summed E-state index contributed by atoms with van der Waals surface area (Å²) < 4.78 is 0. The molecule has 0 bridgehead atoms. The molecule has 0 unspecified atom stereocenters. The zero-order chi connectivity index (χ0) is 13.0. The quantitative estimate of drug-likeness (QED) is 0.840. The number of anilines is 1. The Kier molecular flexibility index (Phi) is 3.84. The summed E-state index contributed by atoms with van der Waals surface area (Å²) in [4.78, 5) is 15.8. The van der Waals surface area contributed by atoms with E-state index >= 15 is 0 Å². The van der Waals surface area contributed by atoms with Gasteiger partial charge in [-0.25, -0.2) is 0 Å². The van der Waals surface area contributed by atoms with Crippen LogP contribution in [0.25, 0.3) is 0 Å². The van der Waals surface area contributed by atoms with Gasteiger partial charge >= 0.3 is 0 Å². The van der Waals surface area contributed by atoms with E-state index < -0.39 is 0 Å². The van der Waals surface area contributed by atoms with Crippen molar-refractivity contribution < 1.29 is 4.79 Å². The van der Waals surface area contributed by atoms with Crippen molar-refractivity contribution in [3.8, 4) is 0 Å². The molecule has 1 aromatic rings. The molecule has 0 aromatic carbocycles. The van der Waals surface area contributed by atoms with E-state index in [0.29, 0.717) is 12.2 Å². The normalized spacial score (nSPS) is 16.8. The summed E-state index contributed by atoms with van der Waals surface area (Å²) in [7, 11) is 0. The van der Waals surface area contributed by atoms with Gasteiger partial charge < -0.3 is 10.6 Å². The lowest BCUT2D eigenvalue weighted by Crippen LogP contribution is -2.44. The van der Waals surface area contributed by atoms with Crippen LogP contribution in [-0.4, -0.2) is 23.0 Å². The Hall–Kier alpha value is -1.58. The summed E-state index contributed by atoms with van der Waals surface area (Å²) in [5, 5.41) is 6.32. The van der Waals surface area contributed by atoms with Gasteiger partial charge in [0.25, 0.3) is 5.91 Å². The van der Waals surface area contributed by atoms with E-state index in [1.54, 1.807) is 6.20 Å². The van der Waals surface area contributed by atoms with Crippen LogP contribution < -0.4 is 10.6 Å². The predicted molar refractivity (Wildman–Crippen MR) is 72.7 cm³/mol. The van der Waals surface area contributed by atoms with Crippen molar-refractivity contribution in [2.24, 2.45) is 0 Å². The molecule has 1 aromatic heterocycles. The molecule has 0 spiro atoms. The van der Waals surface area contributed by atoms with Gasteiger partial charge in [-0.2, -0.15) is 0 Å². The molecule has 1 amide bonds. The first-order valence-electron chi connectivity index (χ1n) is 6.71. The van der Waals surface area contributed by atoms with Crippen LogP contribution in [0.1, 0.15) is 50.0 Å². The van der Waals surface area contributed by atoms with E-state index in [4.69, 9.17) is 0 Å². The molecule has 4 heteroatoms. The fourth-order valence-corrected chi connectivity index (χ4v) is 2.36. The molecule has 1 fully saturated rings. The Morgan fingerprint density at radius 1 is 1.44 bits per heavy atom. The number of carbonyl (C=O) groups is 1. The second kappa shape index (κ2) is 5.38. The van der Waals surface area contributed by atoms with Gasteiger partial charge in [0.2, 0.25) is 0 Å². The topological polar surface area (TPSA) is 54.0 Å². The average Bonchev–Trinajstić information content (AvgIpc) is 2.34. The highest BCUT2D eigenvalue weighted by atomic mass is 16.1. The summed E-state index contributed by atoms with van der Waals surface area (Å²) in [5.41, 5.74) is 1.71. The van der Waals surface area contributed by atoms with Gasteiger partial charge in [0.15, 0.2) is 0 Å². The number of nitrogens with one attached hydrogen (secondary N) is 2. The molecule has 18 heavy (non-hydrogen) atoms. The van der Waals surface area contributed by atoms with Gasteiger partial charge in [-0.05, 0) is 44.7 Å². The first-order valence-corrected chi connectivity index (χ1v) is 6.71. The summed E-state index contributed by atoms with van der Waals surface area (Å²) in [6.07, 6.45) is 6.51. The van der Waals surface area contributed by atoms with Gasteiger partial charge in [-0.3, -0.25) is 9.78 Å². The first-order chi connectivity index (χ1) is 8.69. The molecule has 0 saturated heterocycles. The van der Waals surface area contributed by atoms with Crippen LogP contribution in [0.5, 0.6) is 0 Å². The summed E-state index contributed by atoms with van der Waals surface area (Å²) in [5.74, 6) is -0.111. The number of rotatable bonds is 5. The second-order valence-corrected chi connectivity index (χ2v) is 4.90. The maximum Gasteiger partial charge on any atom is 0.269 e. The molecule has 2 N–H and O–H groups in total. The lowest BCUT2D eigenvalue weighted by atomic mass is 9.74. The zero-order valence-electron chi connectivity index (χ0n) is 11.1. The highest BCUT2D eigenvalue weighted by molar-refractivity contribution is 5.93. The van der Waals surface area contributed by atoms with Crippen LogP contribution in [-0.2, 0) is 0 Å². The first kappa shape index (κ1) is 12.9. The van der Waals surface area contributed by atoms with Crippen molar-refractivity contribution in [2.75, 3.05) is 11.9 Å². The minimum absolute atomic E-state index is 0.111. The molecular weight excluding hydrogens is 226 g/mol. The van der Waals surface area contributed by atoms with Crippen molar-refractivity contribution in [2.45, 2.75) is 45.1 Å². The van der Waals surface area contributed by atoms with Crippen LogP contribution in [0.15, 0.2) is 18.3 Å². The Morgan fingerprint density at radius 2 is 2.22 bits per heavy atom. The van der Waals surface area contributed by atoms with Crippen LogP contribution in [0.4, 0.5) is 5.69 Å². The minimum atomic E-state index is -0.111. The number of hydrogen-bond acceptors (Lipinski definition) is 3. The summed E-state index contributed by atoms with van der Waals surface area (Å²) >= 11 is 0. The van der Waals surface area contributed by atoms with Crippen LogP contribution in [0, 0.1) is 0 Å². The fourth-order valence-electron chi connectivity index (χ4n) is 2.36. The number of hydrogen-bond donors (Lipinski definition) is 2. The number of amides is 1. The van der Waals surface area contributed by atoms with E-state index in [1.807, 2.05) is 19.1 Å². The van der Waals surface area contributed by atoms with E-state index in [-0.39, 0.29) is 11.4 Å². The molecule has 4 nitrogen and oxygen atoms in total. The molecule has 98 valence electrons. The Labute approximate surface area is 108 Å². The number of aromatic nitrogens is 1. The average molecular weight is 247 g/mol. The molecule has 0 aliphatic heterocycles. The van der Waals surface area contributed by atoms with Crippen molar-refractivity contribution in [1.82, 2.24) is 10.3 Å². The second-order valence-electron chi connectivity index (χ2n) is 4.90. The third-order valence-corrected chi connectivity index (χ3v) is 3.73. The maximum atomic E-state index is 11.7. The maximum absolute atomic E-state index is 11.7. The van der Waals surface area contributed by atoms with Gasteiger partial charge in [0.1, 0.15) is 5.69 Å². The third-order valence-electron chi connectivity index (χ3n) is 3.73. The highest BCUT2D eigenvalue weighted by Gasteiger charge is 2.34. The van der Waals surface area contributed by atoms with E-state index in [9.17, 15) is 4.79 Å². The molecule has 1 saturated carbocycles. The number of nitrogens with zero attached hydrogens (tertiary/aromatic N) is 1.